The minimum atomic E-state index is -1.17. The number of ether oxygens (including phenoxy) is 1. The van der Waals surface area contributed by atoms with Gasteiger partial charge in [-0.3, -0.25) is 4.79 Å². The second-order valence-corrected chi connectivity index (χ2v) is 9.94. The van der Waals surface area contributed by atoms with Crippen LogP contribution in [0.4, 0.5) is 0 Å². The summed E-state index contributed by atoms with van der Waals surface area (Å²) in [7, 11) is 0. The number of fused-ring (bicyclic) bond motifs is 2. The first-order valence-corrected chi connectivity index (χ1v) is 12.7. The number of halogens is 2. The van der Waals surface area contributed by atoms with Crippen LogP contribution >= 0.6 is 23.2 Å². The highest BCUT2D eigenvalue weighted by molar-refractivity contribution is 6.42. The molecule has 0 saturated carbocycles. The van der Waals surface area contributed by atoms with Crippen LogP contribution < -0.4 is 5.43 Å². The number of phenolic OH excluding ortho intramolecular Hbond substituents is 3. The smallest absolute Gasteiger partial charge is 0.235 e. The summed E-state index contributed by atoms with van der Waals surface area (Å²) in [5.41, 5.74) is 0.871. The van der Waals surface area contributed by atoms with Crippen LogP contribution in [0.3, 0.4) is 0 Å². The number of nitrogens with zero attached hydrogens (tertiary/aromatic N) is 2. The molecule has 1 saturated heterocycles. The maximum atomic E-state index is 12.1. The molecular weight excluding hydrogens is 583 g/mol. The number of aliphatic hydroxyl groups excluding tert-OH is 3. The van der Waals surface area contributed by atoms with Crippen molar-refractivity contribution >= 4 is 45.2 Å². The first-order valence-electron chi connectivity index (χ1n) is 11.9. The van der Waals surface area contributed by atoms with Gasteiger partial charge in [0.1, 0.15) is 29.6 Å². The van der Waals surface area contributed by atoms with Gasteiger partial charge in [-0.1, -0.05) is 23.2 Å². The standard InChI is InChI=1S/C15H10O6.C12H12Cl2N2O4/c16-8-2-3-9-12(6-8)21-15(14(20)13(9)19)7-1-4-10(17)11(18)5-7;13-5-1-7-8(2-6(5)14)16(4-15-7)12-11(19)10(18)9(3-17)20-12/h1-6,16-18,20H;1-2,4,9-12,17-19H,3H2/t;9-,10-,11-,12-/m.1/s1. The van der Waals surface area contributed by atoms with Crippen LogP contribution in [0.15, 0.2) is 64.1 Å². The summed E-state index contributed by atoms with van der Waals surface area (Å²) in [6.45, 7) is -0.381. The van der Waals surface area contributed by atoms with Gasteiger partial charge in [0.2, 0.25) is 11.2 Å². The quantitative estimate of drug-likeness (QED) is 0.149. The van der Waals surface area contributed by atoms with E-state index in [4.69, 9.17) is 37.5 Å². The second-order valence-electron chi connectivity index (χ2n) is 9.13. The first kappa shape index (κ1) is 28.5. The van der Waals surface area contributed by atoms with E-state index < -0.39 is 41.5 Å². The number of benzene rings is 3. The average molecular weight is 605 g/mol. The van der Waals surface area contributed by atoms with Crippen molar-refractivity contribution < 1.29 is 44.9 Å². The van der Waals surface area contributed by atoms with Gasteiger partial charge >= 0.3 is 0 Å². The molecule has 0 amide bonds. The van der Waals surface area contributed by atoms with Gasteiger partial charge in [0.15, 0.2) is 23.5 Å². The lowest BCUT2D eigenvalue weighted by molar-refractivity contribution is -0.0508. The third-order valence-electron chi connectivity index (χ3n) is 6.50. The van der Waals surface area contributed by atoms with Crippen molar-refractivity contribution in [2.24, 2.45) is 0 Å². The van der Waals surface area contributed by atoms with Crippen molar-refractivity contribution in [1.29, 1.82) is 0 Å². The number of hydrogen-bond donors (Lipinski definition) is 7. The zero-order chi connectivity index (χ0) is 29.6. The minimum Gasteiger partial charge on any atom is -0.508 e. The lowest BCUT2D eigenvalue weighted by Crippen LogP contribution is -2.33. The fourth-order valence-electron chi connectivity index (χ4n) is 4.37. The molecular formula is C27H22Cl2N2O10. The minimum absolute atomic E-state index is 0.0872. The van der Waals surface area contributed by atoms with Gasteiger partial charge in [-0.15, -0.1) is 0 Å². The van der Waals surface area contributed by atoms with E-state index in [1.54, 1.807) is 16.7 Å². The van der Waals surface area contributed by atoms with E-state index in [1.165, 1.54) is 36.7 Å². The van der Waals surface area contributed by atoms with E-state index >= 15 is 0 Å². The van der Waals surface area contributed by atoms with E-state index in [2.05, 4.69) is 4.98 Å². The van der Waals surface area contributed by atoms with E-state index in [0.29, 0.717) is 21.1 Å². The molecule has 214 valence electrons. The fourth-order valence-corrected chi connectivity index (χ4v) is 4.68. The lowest BCUT2D eigenvalue weighted by Gasteiger charge is -2.17. The molecule has 0 bridgehead atoms. The average Bonchev–Trinajstić information content (AvgIpc) is 3.47. The highest BCUT2D eigenvalue weighted by Gasteiger charge is 2.43. The van der Waals surface area contributed by atoms with Crippen LogP contribution in [0.1, 0.15) is 6.23 Å². The largest absolute Gasteiger partial charge is 0.508 e. The third-order valence-corrected chi connectivity index (χ3v) is 7.22. The van der Waals surface area contributed by atoms with Crippen LogP contribution in [0, 0.1) is 0 Å². The van der Waals surface area contributed by atoms with Gasteiger partial charge in [-0.2, -0.15) is 0 Å². The van der Waals surface area contributed by atoms with E-state index in [-0.39, 0.29) is 40.4 Å². The molecule has 3 heterocycles. The molecule has 41 heavy (non-hydrogen) atoms. The Kier molecular flexibility index (Phi) is 7.70. The van der Waals surface area contributed by atoms with Gasteiger partial charge in [0.05, 0.1) is 39.4 Å². The predicted octanol–water partition coefficient (Wildman–Crippen LogP) is 3.24. The zero-order valence-electron chi connectivity index (χ0n) is 20.7. The van der Waals surface area contributed by atoms with Gasteiger partial charge in [-0.05, 0) is 42.5 Å². The summed E-state index contributed by atoms with van der Waals surface area (Å²) in [6, 6.07) is 10.9. The molecule has 6 rings (SSSR count). The summed E-state index contributed by atoms with van der Waals surface area (Å²) in [6.07, 6.45) is -2.54. The van der Waals surface area contributed by atoms with E-state index in [9.17, 15) is 35.4 Å². The summed E-state index contributed by atoms with van der Waals surface area (Å²) in [4.78, 5) is 16.2. The van der Waals surface area contributed by atoms with Crippen molar-refractivity contribution in [3.8, 4) is 34.3 Å². The highest BCUT2D eigenvalue weighted by atomic mass is 35.5. The number of phenols is 3. The Morgan fingerprint density at radius 3 is 2.32 bits per heavy atom. The number of aromatic hydroxyl groups is 4. The molecule has 0 spiro atoms. The third kappa shape index (κ3) is 5.24. The highest BCUT2D eigenvalue weighted by Crippen LogP contribution is 2.36. The van der Waals surface area contributed by atoms with Gasteiger partial charge in [0.25, 0.3) is 0 Å². The molecule has 1 aliphatic heterocycles. The van der Waals surface area contributed by atoms with Gasteiger partial charge in [-0.25, -0.2) is 4.98 Å². The first-order chi connectivity index (χ1) is 19.5. The number of hydrogen-bond acceptors (Lipinski definition) is 11. The van der Waals surface area contributed by atoms with Crippen molar-refractivity contribution in [2.45, 2.75) is 24.5 Å². The summed E-state index contributed by atoms with van der Waals surface area (Å²) in [5.74, 6) is -1.60. The van der Waals surface area contributed by atoms with Crippen LogP contribution in [-0.2, 0) is 4.74 Å². The molecule has 3 aromatic carbocycles. The van der Waals surface area contributed by atoms with Crippen LogP contribution in [0.25, 0.3) is 33.3 Å². The van der Waals surface area contributed by atoms with Crippen molar-refractivity contribution in [3.05, 3.63) is 75.1 Å². The van der Waals surface area contributed by atoms with E-state index in [1.807, 2.05) is 0 Å². The molecule has 12 nitrogen and oxygen atoms in total. The Hall–Kier alpha value is -4.04. The SMILES string of the molecule is O=c1c(O)c(-c2ccc(O)c(O)c2)oc2cc(O)ccc12.OC[C@H]1O[C@@H](n2cnc3cc(Cl)c(Cl)cc32)[C@H](O)[C@@H]1O. The van der Waals surface area contributed by atoms with Crippen molar-refractivity contribution in [2.75, 3.05) is 6.61 Å². The predicted molar refractivity (Wildman–Crippen MR) is 147 cm³/mol. The monoisotopic (exact) mass is 604 g/mol. The number of aliphatic hydroxyl groups is 3. The number of rotatable bonds is 3. The Bertz CT molecular complexity index is 1820. The lowest BCUT2D eigenvalue weighted by atomic mass is 10.1. The van der Waals surface area contributed by atoms with Crippen molar-refractivity contribution in [3.63, 3.8) is 0 Å². The molecule has 7 N–H and O–H groups in total. The van der Waals surface area contributed by atoms with Crippen molar-refractivity contribution in [1.82, 2.24) is 9.55 Å². The summed E-state index contributed by atoms with van der Waals surface area (Å²) < 4.78 is 12.4. The zero-order valence-corrected chi connectivity index (χ0v) is 22.2. The topological polar surface area (TPSA) is 199 Å². The van der Waals surface area contributed by atoms with E-state index in [0.717, 1.165) is 6.07 Å². The van der Waals surface area contributed by atoms with Crippen LogP contribution in [0.5, 0.6) is 23.0 Å². The normalized spacial score (nSPS) is 20.3. The summed E-state index contributed by atoms with van der Waals surface area (Å²) >= 11 is 11.9. The molecule has 2 aromatic heterocycles. The molecule has 0 radical (unpaired) electrons. The molecule has 1 aliphatic rings. The van der Waals surface area contributed by atoms with Gasteiger partial charge < -0.3 is 49.5 Å². The fraction of sp³-hybridized carbons (Fsp3) is 0.185. The Labute approximate surface area is 240 Å². The molecule has 1 fully saturated rings. The van der Waals surface area contributed by atoms with Gasteiger partial charge in [0, 0.05) is 11.6 Å². The number of imidazole rings is 1. The molecule has 0 unspecified atom stereocenters. The molecule has 0 aliphatic carbocycles. The Balaban J connectivity index is 0.000000165. The number of aromatic nitrogens is 2. The summed E-state index contributed by atoms with van der Waals surface area (Å²) in [5, 5.41) is 67.9. The maximum Gasteiger partial charge on any atom is 0.235 e. The Morgan fingerprint density at radius 2 is 1.63 bits per heavy atom. The second kappa shape index (κ2) is 11.1. The van der Waals surface area contributed by atoms with Crippen LogP contribution in [0.2, 0.25) is 10.0 Å². The molecule has 4 atom stereocenters. The molecule has 5 aromatic rings. The molecule has 14 heteroatoms. The maximum absolute atomic E-state index is 12.1. The Morgan fingerprint density at radius 1 is 0.902 bits per heavy atom. The van der Waals surface area contributed by atoms with Crippen LogP contribution in [-0.4, -0.2) is 70.2 Å².